The molecule has 11 nitrogen and oxygen atoms in total. The molecule has 3 unspecified atom stereocenters. The van der Waals surface area contributed by atoms with Crippen molar-refractivity contribution in [1.29, 1.82) is 0 Å². The van der Waals surface area contributed by atoms with E-state index in [1.54, 1.807) is 60.7 Å². The molecule has 1 aromatic heterocycles. The van der Waals surface area contributed by atoms with Gasteiger partial charge in [-0.1, -0.05) is 48.6 Å². The Bertz CT molecular complexity index is 1930. The van der Waals surface area contributed by atoms with E-state index in [9.17, 15) is 25.2 Å². The number of aliphatic hydroxyl groups is 5. The van der Waals surface area contributed by atoms with Crippen molar-refractivity contribution in [2.24, 2.45) is 0 Å². The fourth-order valence-electron chi connectivity index (χ4n) is 5.72. The minimum atomic E-state index is -1.40. The molecule has 256 valence electrons. The first-order chi connectivity index (χ1) is 23.8. The molecule has 11 heteroatoms. The molecule has 0 saturated heterocycles. The van der Waals surface area contributed by atoms with Gasteiger partial charge in [-0.2, -0.15) is 0 Å². The molecule has 0 saturated carbocycles. The fourth-order valence-corrected chi connectivity index (χ4v) is 5.72. The molecule has 1 aliphatic rings. The number of hydrogen-bond donors (Lipinski definition) is 6. The third-order valence-electron chi connectivity index (χ3n) is 8.15. The van der Waals surface area contributed by atoms with Crippen LogP contribution in [0.25, 0.3) is 28.7 Å². The van der Waals surface area contributed by atoms with E-state index in [2.05, 4.69) is 0 Å². The molecule has 0 amide bonds. The molecule has 0 spiro atoms. The first kappa shape index (κ1) is 35.1. The van der Waals surface area contributed by atoms with Crippen LogP contribution in [0.3, 0.4) is 0 Å². The molecule has 3 atom stereocenters. The summed E-state index contributed by atoms with van der Waals surface area (Å²) in [7, 11) is 2.80. The maximum absolute atomic E-state index is 13.6. The first-order valence-corrected chi connectivity index (χ1v) is 15.5. The van der Waals surface area contributed by atoms with Gasteiger partial charge in [-0.05, 0) is 59.2 Å². The number of phenolic OH excluding ortho intramolecular Hbond substituents is 1. The van der Waals surface area contributed by atoms with E-state index in [-0.39, 0.29) is 53.8 Å². The third kappa shape index (κ3) is 7.46. The zero-order valence-corrected chi connectivity index (χ0v) is 26.9. The fraction of sp³-hybridized carbons (Fsp3) is 0.237. The number of phenols is 1. The second-order valence-electron chi connectivity index (χ2n) is 11.2. The van der Waals surface area contributed by atoms with E-state index in [0.29, 0.717) is 28.0 Å². The van der Waals surface area contributed by atoms with Crippen LogP contribution in [0.2, 0.25) is 0 Å². The summed E-state index contributed by atoms with van der Waals surface area (Å²) in [6.45, 7) is -1.20. The number of ether oxygens (including phenoxy) is 3. The highest BCUT2D eigenvalue weighted by Gasteiger charge is 2.32. The highest BCUT2D eigenvalue weighted by atomic mass is 16.5. The van der Waals surface area contributed by atoms with Crippen LogP contribution < -0.4 is 9.47 Å². The number of aromatic hydroxyl groups is 1. The zero-order chi connectivity index (χ0) is 35.1. The number of hydrogen-bond acceptors (Lipinski definition) is 11. The minimum Gasteiger partial charge on any atom is -0.507 e. The Hall–Kier alpha value is -5.17. The Labute approximate surface area is 282 Å². The van der Waals surface area contributed by atoms with Gasteiger partial charge in [0.2, 0.25) is 5.78 Å². The van der Waals surface area contributed by atoms with Crippen molar-refractivity contribution >= 4 is 34.5 Å². The molecule has 0 fully saturated rings. The Morgan fingerprint density at radius 1 is 0.857 bits per heavy atom. The van der Waals surface area contributed by atoms with Crippen LogP contribution in [0.15, 0.2) is 89.1 Å². The Kier molecular flexibility index (Phi) is 11.3. The van der Waals surface area contributed by atoms with Crippen molar-refractivity contribution in [3.63, 3.8) is 0 Å². The summed E-state index contributed by atoms with van der Waals surface area (Å²) < 4.78 is 23.0. The van der Waals surface area contributed by atoms with Crippen LogP contribution in [0, 0.1) is 0 Å². The molecule has 0 bridgehead atoms. The molecule has 3 aromatic carbocycles. The number of aliphatic hydroxyl groups excluding tert-OH is 5. The molecule has 4 aromatic rings. The van der Waals surface area contributed by atoms with Crippen LogP contribution in [0.5, 0.6) is 17.2 Å². The number of rotatable bonds is 14. The van der Waals surface area contributed by atoms with Gasteiger partial charge >= 0.3 is 0 Å². The summed E-state index contributed by atoms with van der Waals surface area (Å²) in [5, 5.41) is 61.8. The van der Waals surface area contributed by atoms with E-state index >= 15 is 0 Å². The van der Waals surface area contributed by atoms with Gasteiger partial charge in [-0.25, -0.2) is 0 Å². The van der Waals surface area contributed by atoms with Crippen molar-refractivity contribution in [2.75, 3.05) is 34.0 Å². The molecule has 1 heterocycles. The summed E-state index contributed by atoms with van der Waals surface area (Å²) in [5.74, 6) is -0.488. The normalized spacial score (nSPS) is 16.2. The average molecular weight is 671 g/mol. The maximum Gasteiger partial charge on any atom is 0.227 e. The monoisotopic (exact) mass is 670 g/mol. The first-order valence-electron chi connectivity index (χ1n) is 15.5. The molecule has 0 aliphatic heterocycles. The molecule has 5 rings (SSSR count). The van der Waals surface area contributed by atoms with Gasteiger partial charge in [0.05, 0.1) is 46.6 Å². The number of carbonyl (C=O) groups excluding carboxylic acids is 1. The number of carbonyl (C=O) groups is 1. The van der Waals surface area contributed by atoms with Gasteiger partial charge in [0.25, 0.3) is 0 Å². The van der Waals surface area contributed by atoms with Gasteiger partial charge in [-0.15, -0.1) is 0 Å². The van der Waals surface area contributed by atoms with Gasteiger partial charge < -0.3 is 49.3 Å². The summed E-state index contributed by atoms with van der Waals surface area (Å²) in [4.78, 5) is 13.6. The van der Waals surface area contributed by atoms with E-state index in [1.165, 1.54) is 32.4 Å². The lowest BCUT2D eigenvalue weighted by molar-refractivity contribution is -0.113. The van der Waals surface area contributed by atoms with Crippen molar-refractivity contribution < 1.29 is 54.1 Å². The molecule has 6 N–H and O–H groups in total. The molecule has 1 aliphatic carbocycles. The van der Waals surface area contributed by atoms with Crippen LogP contribution in [-0.2, 0) is 16.1 Å². The Morgan fingerprint density at radius 2 is 1.57 bits per heavy atom. The standard InChI is InChI=1S/C38H38O11/c1-46-33-16-23(6-4-14-40)8-12-32(33)48-35(21-42)36(44)24-9-10-30(43)26(17-24)28-18-25(19-34(47-2)37(28)45)38-29(20-41)27-15-22(5-3-13-39)7-11-31(27)49-38/h3-12,15-19,25,35-36,39-44H,13-14,20-21H2,1-2H3/b5-3+,6-4+. The lowest BCUT2D eigenvalue weighted by Gasteiger charge is -2.25. The number of allylic oxidation sites excluding steroid dienone is 3. The quantitative estimate of drug-likeness (QED) is 0.112. The van der Waals surface area contributed by atoms with Gasteiger partial charge in [0.1, 0.15) is 23.2 Å². The minimum absolute atomic E-state index is 0.00953. The second kappa shape index (κ2) is 15.8. The number of ketones is 1. The Morgan fingerprint density at radius 3 is 2.22 bits per heavy atom. The highest BCUT2D eigenvalue weighted by molar-refractivity contribution is 6.29. The number of benzene rings is 3. The van der Waals surface area contributed by atoms with Crippen LogP contribution in [0.4, 0.5) is 0 Å². The van der Waals surface area contributed by atoms with E-state index in [0.717, 1.165) is 11.1 Å². The lowest BCUT2D eigenvalue weighted by Crippen LogP contribution is -2.29. The topological polar surface area (TPSA) is 179 Å². The third-order valence-corrected chi connectivity index (χ3v) is 8.15. The summed E-state index contributed by atoms with van der Waals surface area (Å²) in [6.07, 6.45) is 7.20. The number of fused-ring (bicyclic) bond motifs is 1. The van der Waals surface area contributed by atoms with Crippen LogP contribution in [-0.4, -0.2) is 76.6 Å². The van der Waals surface area contributed by atoms with Crippen molar-refractivity contribution in [1.82, 2.24) is 0 Å². The zero-order valence-electron chi connectivity index (χ0n) is 26.9. The number of furan rings is 1. The van der Waals surface area contributed by atoms with Gasteiger partial charge in [0.15, 0.2) is 23.4 Å². The van der Waals surface area contributed by atoms with Crippen molar-refractivity contribution in [3.05, 3.63) is 118 Å². The average Bonchev–Trinajstić information content (AvgIpc) is 3.50. The lowest BCUT2D eigenvalue weighted by atomic mass is 9.86. The van der Waals surface area contributed by atoms with Crippen LogP contribution >= 0.6 is 0 Å². The van der Waals surface area contributed by atoms with Crippen molar-refractivity contribution in [2.45, 2.75) is 24.7 Å². The van der Waals surface area contributed by atoms with Gasteiger partial charge in [-0.3, -0.25) is 4.79 Å². The second-order valence-corrected chi connectivity index (χ2v) is 11.2. The summed E-state index contributed by atoms with van der Waals surface area (Å²) in [6, 6.07) is 14.6. The SMILES string of the molecule is COC1=CC(c2oc3ccc(/C=C/CO)cc3c2CO)C=C(c2cc(C(O)C(CO)Oc3ccc(/C=C/CO)cc3OC)ccc2O)C1=O. The van der Waals surface area contributed by atoms with Gasteiger partial charge in [0, 0.05) is 22.1 Å². The summed E-state index contributed by atoms with van der Waals surface area (Å²) in [5.41, 5.74) is 2.96. The molecular weight excluding hydrogens is 632 g/mol. The largest absolute Gasteiger partial charge is 0.507 e. The number of methoxy groups -OCH3 is 2. The highest BCUT2D eigenvalue weighted by Crippen LogP contribution is 2.41. The molecule has 0 radical (unpaired) electrons. The molecule has 49 heavy (non-hydrogen) atoms. The van der Waals surface area contributed by atoms with Crippen molar-refractivity contribution in [3.8, 4) is 17.2 Å². The predicted octanol–water partition coefficient (Wildman–Crippen LogP) is 4.40. The Balaban J connectivity index is 1.50. The predicted molar refractivity (Wildman–Crippen MR) is 183 cm³/mol. The molecular formula is C38H38O11. The maximum atomic E-state index is 13.6. The number of Topliss-reactive ketones (excluding diaryl/α,β-unsaturated/α-hetero) is 1. The van der Waals surface area contributed by atoms with E-state index in [1.807, 2.05) is 12.1 Å². The van der Waals surface area contributed by atoms with E-state index in [4.69, 9.17) is 28.8 Å². The summed E-state index contributed by atoms with van der Waals surface area (Å²) >= 11 is 0. The van der Waals surface area contributed by atoms with Crippen LogP contribution in [0.1, 0.15) is 45.6 Å². The van der Waals surface area contributed by atoms with E-state index < -0.39 is 30.5 Å². The smallest absolute Gasteiger partial charge is 0.227 e.